The first-order chi connectivity index (χ1) is 8.86. The van der Waals surface area contributed by atoms with E-state index in [0.29, 0.717) is 0 Å². The van der Waals surface area contributed by atoms with Gasteiger partial charge in [-0.25, -0.2) is 0 Å². The topological polar surface area (TPSA) is 12.5 Å². The minimum absolute atomic E-state index is 0.862. The van der Waals surface area contributed by atoms with Crippen LogP contribution in [0.15, 0.2) is 18.2 Å². The molecule has 18 heavy (non-hydrogen) atoms. The second-order valence-electron chi connectivity index (χ2n) is 5.61. The minimum Gasteiger partial charge on any atom is -0.497 e. The molecule has 98 valence electrons. The lowest BCUT2D eigenvalue weighted by molar-refractivity contribution is 0.208. The van der Waals surface area contributed by atoms with Crippen LogP contribution in [0.1, 0.15) is 36.8 Å². The monoisotopic (exact) mass is 245 g/mol. The molecule has 1 saturated carbocycles. The van der Waals surface area contributed by atoms with E-state index in [0.717, 1.165) is 11.8 Å². The van der Waals surface area contributed by atoms with Crippen molar-refractivity contribution < 1.29 is 4.74 Å². The molecule has 2 heteroatoms. The van der Waals surface area contributed by atoms with Crippen LogP contribution in [0.3, 0.4) is 0 Å². The third-order valence-electron chi connectivity index (χ3n) is 4.59. The van der Waals surface area contributed by atoms with Crippen molar-refractivity contribution in [3.63, 3.8) is 0 Å². The van der Waals surface area contributed by atoms with Crippen molar-refractivity contribution in [3.05, 3.63) is 29.3 Å². The van der Waals surface area contributed by atoms with Crippen LogP contribution >= 0.6 is 0 Å². The van der Waals surface area contributed by atoms with Crippen molar-refractivity contribution in [2.24, 2.45) is 0 Å². The fraction of sp³-hybridized carbons (Fsp3) is 0.625. The summed E-state index contributed by atoms with van der Waals surface area (Å²) in [6.45, 7) is 2.47. The van der Waals surface area contributed by atoms with Gasteiger partial charge in [-0.2, -0.15) is 0 Å². The van der Waals surface area contributed by atoms with Crippen molar-refractivity contribution in [1.29, 1.82) is 0 Å². The first-order valence-corrected chi connectivity index (χ1v) is 7.26. The zero-order valence-electron chi connectivity index (χ0n) is 11.3. The fourth-order valence-electron chi connectivity index (χ4n) is 3.48. The summed E-state index contributed by atoms with van der Waals surface area (Å²) in [7, 11) is 1.75. The molecular formula is C16H23NO. The summed E-state index contributed by atoms with van der Waals surface area (Å²) < 4.78 is 5.33. The third kappa shape index (κ3) is 2.39. The average molecular weight is 245 g/mol. The van der Waals surface area contributed by atoms with Crippen LogP contribution in [0.4, 0.5) is 0 Å². The number of nitrogens with zero attached hydrogens (tertiary/aromatic N) is 1. The van der Waals surface area contributed by atoms with Gasteiger partial charge in [-0.15, -0.1) is 0 Å². The average Bonchev–Trinajstić information content (AvgIpc) is 2.85. The van der Waals surface area contributed by atoms with E-state index in [1.54, 1.807) is 7.11 Å². The zero-order chi connectivity index (χ0) is 12.4. The molecule has 0 N–H and O–H groups in total. The minimum atomic E-state index is 0.862. The van der Waals surface area contributed by atoms with Gasteiger partial charge in [0.25, 0.3) is 0 Å². The lowest BCUT2D eigenvalue weighted by atomic mass is 10.0. The Hall–Kier alpha value is -1.02. The highest BCUT2D eigenvalue weighted by Crippen LogP contribution is 2.27. The van der Waals surface area contributed by atoms with Crippen molar-refractivity contribution in [2.45, 2.75) is 44.6 Å². The van der Waals surface area contributed by atoms with E-state index in [1.165, 1.54) is 62.7 Å². The van der Waals surface area contributed by atoms with Gasteiger partial charge in [-0.1, -0.05) is 18.9 Å². The standard InChI is InChI=1S/C16H23NO/c1-18-16-7-6-13-8-10-17(11-9-14(13)12-16)15-4-2-3-5-15/h6-7,12,15H,2-5,8-11H2,1H3. The van der Waals surface area contributed by atoms with Gasteiger partial charge in [-0.3, -0.25) is 4.90 Å². The molecule has 1 aromatic carbocycles. The largest absolute Gasteiger partial charge is 0.497 e. The number of ether oxygens (including phenoxy) is 1. The highest BCUT2D eigenvalue weighted by atomic mass is 16.5. The van der Waals surface area contributed by atoms with Crippen LogP contribution < -0.4 is 4.74 Å². The fourth-order valence-corrected chi connectivity index (χ4v) is 3.48. The number of hydrogen-bond donors (Lipinski definition) is 0. The van der Waals surface area contributed by atoms with Gasteiger partial charge < -0.3 is 4.74 Å². The molecule has 1 aliphatic carbocycles. The third-order valence-corrected chi connectivity index (χ3v) is 4.59. The molecule has 1 heterocycles. The highest BCUT2D eigenvalue weighted by molar-refractivity contribution is 5.36. The van der Waals surface area contributed by atoms with Crippen molar-refractivity contribution >= 4 is 0 Å². The molecule has 1 aliphatic heterocycles. The summed E-state index contributed by atoms with van der Waals surface area (Å²) in [5, 5.41) is 0. The van der Waals surface area contributed by atoms with Crippen LogP contribution in [0.5, 0.6) is 5.75 Å². The Morgan fingerprint density at radius 1 is 1.06 bits per heavy atom. The maximum absolute atomic E-state index is 5.33. The molecule has 2 aliphatic rings. The maximum Gasteiger partial charge on any atom is 0.119 e. The van der Waals surface area contributed by atoms with Gasteiger partial charge in [0.2, 0.25) is 0 Å². The molecule has 1 aromatic rings. The number of fused-ring (bicyclic) bond motifs is 1. The van der Waals surface area contributed by atoms with E-state index < -0.39 is 0 Å². The van der Waals surface area contributed by atoms with E-state index in [9.17, 15) is 0 Å². The van der Waals surface area contributed by atoms with E-state index in [4.69, 9.17) is 4.74 Å². The molecule has 0 unspecified atom stereocenters. The highest BCUT2D eigenvalue weighted by Gasteiger charge is 2.24. The summed E-state index contributed by atoms with van der Waals surface area (Å²) in [5.74, 6) is 1.00. The van der Waals surface area contributed by atoms with E-state index >= 15 is 0 Å². The summed E-state index contributed by atoms with van der Waals surface area (Å²) >= 11 is 0. The Morgan fingerprint density at radius 3 is 2.50 bits per heavy atom. The van der Waals surface area contributed by atoms with Gasteiger partial charge in [-0.05, 0) is 48.9 Å². The van der Waals surface area contributed by atoms with E-state index in [-0.39, 0.29) is 0 Å². The first kappa shape index (κ1) is 12.0. The molecule has 1 fully saturated rings. The Labute approximate surface area is 110 Å². The second kappa shape index (κ2) is 5.31. The SMILES string of the molecule is COc1ccc2c(c1)CCN(C1CCCC1)CC2. The normalized spacial score (nSPS) is 21.6. The van der Waals surface area contributed by atoms with Gasteiger partial charge in [0.05, 0.1) is 7.11 Å². The van der Waals surface area contributed by atoms with Gasteiger partial charge in [0, 0.05) is 19.1 Å². The summed E-state index contributed by atoms with van der Waals surface area (Å²) in [5.41, 5.74) is 3.02. The molecule has 0 aromatic heterocycles. The smallest absolute Gasteiger partial charge is 0.119 e. The predicted octanol–water partition coefficient (Wildman–Crippen LogP) is 3.04. The molecular weight excluding hydrogens is 222 g/mol. The number of rotatable bonds is 2. The van der Waals surface area contributed by atoms with Crippen molar-refractivity contribution in [3.8, 4) is 5.75 Å². The summed E-state index contributed by atoms with van der Waals surface area (Å²) in [6, 6.07) is 7.45. The first-order valence-electron chi connectivity index (χ1n) is 7.26. The van der Waals surface area contributed by atoms with Crippen molar-refractivity contribution in [1.82, 2.24) is 4.90 Å². The van der Waals surface area contributed by atoms with Crippen LogP contribution in [0.2, 0.25) is 0 Å². The maximum atomic E-state index is 5.33. The lowest BCUT2D eigenvalue weighted by Gasteiger charge is -2.26. The molecule has 0 atom stereocenters. The van der Waals surface area contributed by atoms with Crippen LogP contribution in [0, 0.1) is 0 Å². The number of benzene rings is 1. The zero-order valence-corrected chi connectivity index (χ0v) is 11.3. The van der Waals surface area contributed by atoms with Gasteiger partial charge >= 0.3 is 0 Å². The Kier molecular flexibility index (Phi) is 3.55. The van der Waals surface area contributed by atoms with Gasteiger partial charge in [0.1, 0.15) is 5.75 Å². The molecule has 0 bridgehead atoms. The molecule has 3 rings (SSSR count). The van der Waals surface area contributed by atoms with E-state index in [2.05, 4.69) is 23.1 Å². The van der Waals surface area contributed by atoms with Crippen LogP contribution in [-0.2, 0) is 12.8 Å². The van der Waals surface area contributed by atoms with Crippen molar-refractivity contribution in [2.75, 3.05) is 20.2 Å². The molecule has 2 nitrogen and oxygen atoms in total. The number of hydrogen-bond acceptors (Lipinski definition) is 2. The van der Waals surface area contributed by atoms with Crippen LogP contribution in [0.25, 0.3) is 0 Å². The molecule has 0 spiro atoms. The quantitative estimate of drug-likeness (QED) is 0.794. The van der Waals surface area contributed by atoms with Crippen LogP contribution in [-0.4, -0.2) is 31.1 Å². The number of methoxy groups -OCH3 is 1. The summed E-state index contributed by atoms with van der Waals surface area (Å²) in [4.78, 5) is 2.72. The second-order valence-corrected chi connectivity index (χ2v) is 5.61. The molecule has 0 radical (unpaired) electrons. The predicted molar refractivity (Wildman–Crippen MR) is 74.2 cm³/mol. The Morgan fingerprint density at radius 2 is 1.78 bits per heavy atom. The lowest BCUT2D eigenvalue weighted by Crippen LogP contribution is -2.35. The molecule has 0 saturated heterocycles. The van der Waals surface area contributed by atoms with E-state index in [1.807, 2.05) is 0 Å². The molecule has 0 amide bonds. The summed E-state index contributed by atoms with van der Waals surface area (Å²) in [6.07, 6.45) is 8.09. The Bertz CT molecular complexity index is 410. The van der Waals surface area contributed by atoms with Gasteiger partial charge in [0.15, 0.2) is 0 Å². The Balaban J connectivity index is 1.73.